The molecule has 114 valence electrons. The van der Waals surface area contributed by atoms with Crippen molar-refractivity contribution in [3.05, 3.63) is 64.1 Å². The van der Waals surface area contributed by atoms with Crippen molar-refractivity contribution in [3.8, 4) is 0 Å². The molecule has 1 saturated heterocycles. The van der Waals surface area contributed by atoms with Crippen molar-refractivity contribution in [1.29, 1.82) is 0 Å². The first-order chi connectivity index (χ1) is 10.4. The predicted octanol–water partition coefficient (Wildman–Crippen LogP) is 3.45. The SMILES string of the molecule is O=C1CS(=O)(=O)[C@H](c2ccc(Cl)cc2)N1c1ccc(Cl)cc1. The third-order valence-electron chi connectivity index (χ3n) is 3.43. The molecule has 1 aliphatic heterocycles. The summed E-state index contributed by atoms with van der Waals surface area (Å²) in [4.78, 5) is 13.5. The number of sulfone groups is 1. The van der Waals surface area contributed by atoms with Crippen LogP contribution in [0.4, 0.5) is 5.69 Å². The Labute approximate surface area is 138 Å². The lowest BCUT2D eigenvalue weighted by Gasteiger charge is -2.24. The minimum atomic E-state index is -3.61. The Bertz CT molecular complexity index is 817. The van der Waals surface area contributed by atoms with Crippen LogP contribution in [0.1, 0.15) is 10.9 Å². The summed E-state index contributed by atoms with van der Waals surface area (Å²) in [7, 11) is -3.61. The molecule has 1 heterocycles. The van der Waals surface area contributed by atoms with Crippen molar-refractivity contribution in [2.24, 2.45) is 0 Å². The Kier molecular flexibility index (Phi) is 3.89. The van der Waals surface area contributed by atoms with Crippen LogP contribution in [0.3, 0.4) is 0 Å². The number of anilines is 1. The molecule has 0 saturated carbocycles. The smallest absolute Gasteiger partial charge is 0.243 e. The van der Waals surface area contributed by atoms with Crippen LogP contribution in [-0.2, 0) is 14.6 Å². The Morgan fingerprint density at radius 3 is 1.95 bits per heavy atom. The molecule has 22 heavy (non-hydrogen) atoms. The van der Waals surface area contributed by atoms with Gasteiger partial charge in [0, 0.05) is 15.7 Å². The second kappa shape index (κ2) is 5.57. The monoisotopic (exact) mass is 355 g/mol. The molecule has 3 rings (SSSR count). The molecule has 0 N–H and O–H groups in total. The van der Waals surface area contributed by atoms with E-state index in [0.717, 1.165) is 0 Å². The van der Waals surface area contributed by atoms with E-state index in [4.69, 9.17) is 23.2 Å². The Balaban J connectivity index is 2.12. The van der Waals surface area contributed by atoms with Gasteiger partial charge in [-0.05, 0) is 42.0 Å². The van der Waals surface area contributed by atoms with Crippen LogP contribution in [0.15, 0.2) is 48.5 Å². The van der Waals surface area contributed by atoms with E-state index in [9.17, 15) is 13.2 Å². The molecule has 1 atom stereocenters. The third kappa shape index (κ3) is 2.72. The highest BCUT2D eigenvalue weighted by Gasteiger charge is 2.45. The zero-order valence-electron chi connectivity index (χ0n) is 11.2. The number of carbonyl (C=O) groups excluding carboxylic acids is 1. The lowest BCUT2D eigenvalue weighted by Crippen LogP contribution is -2.29. The van der Waals surface area contributed by atoms with Gasteiger partial charge in [-0.1, -0.05) is 35.3 Å². The summed E-state index contributed by atoms with van der Waals surface area (Å²) in [5.41, 5.74) is 1.00. The molecule has 0 bridgehead atoms. The van der Waals surface area contributed by atoms with Gasteiger partial charge in [-0.2, -0.15) is 0 Å². The first-order valence-electron chi connectivity index (χ1n) is 6.43. The molecule has 0 radical (unpaired) electrons. The van der Waals surface area contributed by atoms with Gasteiger partial charge in [-0.3, -0.25) is 9.69 Å². The Hall–Kier alpha value is -1.56. The number of nitrogens with zero attached hydrogens (tertiary/aromatic N) is 1. The van der Waals surface area contributed by atoms with E-state index < -0.39 is 26.9 Å². The maximum atomic E-state index is 12.4. The lowest BCUT2D eigenvalue weighted by molar-refractivity contribution is -0.115. The Morgan fingerprint density at radius 1 is 0.909 bits per heavy atom. The van der Waals surface area contributed by atoms with E-state index in [2.05, 4.69) is 0 Å². The van der Waals surface area contributed by atoms with Crippen molar-refractivity contribution < 1.29 is 13.2 Å². The molecule has 1 fully saturated rings. The van der Waals surface area contributed by atoms with Gasteiger partial charge in [0.05, 0.1) is 0 Å². The van der Waals surface area contributed by atoms with Crippen LogP contribution in [0, 0.1) is 0 Å². The summed E-state index contributed by atoms with van der Waals surface area (Å²) >= 11 is 11.7. The van der Waals surface area contributed by atoms with Crippen molar-refractivity contribution in [1.82, 2.24) is 0 Å². The van der Waals surface area contributed by atoms with Crippen LogP contribution < -0.4 is 4.90 Å². The fraction of sp³-hybridized carbons (Fsp3) is 0.133. The van der Waals surface area contributed by atoms with Crippen molar-refractivity contribution >= 4 is 44.6 Å². The molecular formula is C15H11Cl2NO3S. The first kappa shape index (κ1) is 15.3. The molecule has 4 nitrogen and oxygen atoms in total. The van der Waals surface area contributed by atoms with Gasteiger partial charge < -0.3 is 0 Å². The largest absolute Gasteiger partial charge is 0.290 e. The molecule has 0 aromatic heterocycles. The average Bonchev–Trinajstić information content (AvgIpc) is 2.70. The van der Waals surface area contributed by atoms with Crippen molar-refractivity contribution in [3.63, 3.8) is 0 Å². The average molecular weight is 356 g/mol. The van der Waals surface area contributed by atoms with E-state index >= 15 is 0 Å². The number of carbonyl (C=O) groups is 1. The maximum absolute atomic E-state index is 12.4. The van der Waals surface area contributed by atoms with Gasteiger partial charge in [-0.15, -0.1) is 0 Å². The lowest BCUT2D eigenvalue weighted by atomic mass is 10.2. The topological polar surface area (TPSA) is 54.5 Å². The fourth-order valence-corrected chi connectivity index (χ4v) is 4.50. The van der Waals surface area contributed by atoms with Crippen LogP contribution in [-0.4, -0.2) is 20.1 Å². The number of hydrogen-bond acceptors (Lipinski definition) is 3. The van der Waals surface area contributed by atoms with E-state index in [0.29, 0.717) is 21.3 Å². The highest BCUT2D eigenvalue weighted by atomic mass is 35.5. The highest BCUT2D eigenvalue weighted by Crippen LogP contribution is 2.38. The second-order valence-electron chi connectivity index (χ2n) is 4.95. The molecule has 1 amide bonds. The summed E-state index contributed by atoms with van der Waals surface area (Å²) in [6, 6.07) is 12.9. The maximum Gasteiger partial charge on any atom is 0.243 e. The highest BCUT2D eigenvalue weighted by molar-refractivity contribution is 7.93. The third-order valence-corrected chi connectivity index (χ3v) is 5.74. The number of rotatable bonds is 2. The first-order valence-corrected chi connectivity index (χ1v) is 8.90. The van der Waals surface area contributed by atoms with E-state index in [1.54, 1.807) is 48.5 Å². The minimum absolute atomic E-state index is 0.456. The standard InChI is InChI=1S/C15H11Cl2NO3S/c16-11-3-1-10(2-4-11)15-18(14(19)9-22(15,20)21)13-7-5-12(17)6-8-13/h1-8,15H,9H2/t15-/m1/s1. The quantitative estimate of drug-likeness (QED) is 0.828. The summed E-state index contributed by atoms with van der Waals surface area (Å²) in [6.45, 7) is 0. The van der Waals surface area contributed by atoms with E-state index in [-0.39, 0.29) is 0 Å². The molecule has 0 unspecified atom stereocenters. The summed E-state index contributed by atoms with van der Waals surface area (Å²) in [6.07, 6.45) is 0. The number of halogens is 2. The zero-order chi connectivity index (χ0) is 15.9. The van der Waals surface area contributed by atoms with Crippen LogP contribution in [0.2, 0.25) is 10.0 Å². The molecule has 0 aliphatic carbocycles. The van der Waals surface area contributed by atoms with Gasteiger partial charge in [0.1, 0.15) is 5.75 Å². The molecule has 2 aromatic rings. The van der Waals surface area contributed by atoms with Crippen molar-refractivity contribution in [2.75, 3.05) is 10.7 Å². The molecule has 2 aromatic carbocycles. The van der Waals surface area contributed by atoms with Crippen LogP contribution >= 0.6 is 23.2 Å². The van der Waals surface area contributed by atoms with Gasteiger partial charge in [0.15, 0.2) is 15.2 Å². The normalized spacial score (nSPS) is 20.4. The zero-order valence-corrected chi connectivity index (χ0v) is 13.6. The second-order valence-corrected chi connectivity index (χ2v) is 7.89. The van der Waals surface area contributed by atoms with Crippen molar-refractivity contribution in [2.45, 2.75) is 5.37 Å². The summed E-state index contributed by atoms with van der Waals surface area (Å²) in [5.74, 6) is -0.967. The fourth-order valence-electron chi connectivity index (χ4n) is 2.48. The van der Waals surface area contributed by atoms with E-state index in [1.165, 1.54) is 4.90 Å². The molecular weight excluding hydrogens is 345 g/mol. The Morgan fingerprint density at radius 2 is 1.41 bits per heavy atom. The molecule has 0 spiro atoms. The summed E-state index contributed by atoms with van der Waals surface area (Å²) in [5, 5.41) is -0.0248. The number of benzene rings is 2. The van der Waals surface area contributed by atoms with Gasteiger partial charge in [0.25, 0.3) is 0 Å². The number of amides is 1. The van der Waals surface area contributed by atoms with E-state index in [1.807, 2.05) is 0 Å². The van der Waals surface area contributed by atoms with Gasteiger partial charge in [0.2, 0.25) is 5.91 Å². The minimum Gasteiger partial charge on any atom is -0.290 e. The molecule has 1 aliphatic rings. The van der Waals surface area contributed by atoms with Crippen LogP contribution in [0.5, 0.6) is 0 Å². The van der Waals surface area contributed by atoms with Gasteiger partial charge >= 0.3 is 0 Å². The number of hydrogen-bond donors (Lipinski definition) is 0. The summed E-state index contributed by atoms with van der Waals surface area (Å²) < 4.78 is 24.8. The van der Waals surface area contributed by atoms with Gasteiger partial charge in [-0.25, -0.2) is 8.42 Å². The van der Waals surface area contributed by atoms with Crippen LogP contribution in [0.25, 0.3) is 0 Å². The molecule has 7 heteroatoms. The predicted molar refractivity (Wildman–Crippen MR) is 86.9 cm³/mol.